The van der Waals surface area contributed by atoms with Crippen LogP contribution in [0.25, 0.3) is 5.13 Å². The zero-order valence-electron chi connectivity index (χ0n) is 17.0. The molecule has 0 aliphatic rings. The maximum absolute atomic E-state index is 14.3. The summed E-state index contributed by atoms with van der Waals surface area (Å²) in [5, 5.41) is 7.92. The van der Waals surface area contributed by atoms with Crippen LogP contribution in [0.2, 0.25) is 0 Å². The monoisotopic (exact) mass is 438 g/mol. The van der Waals surface area contributed by atoms with Crippen molar-refractivity contribution in [3.63, 3.8) is 0 Å². The van der Waals surface area contributed by atoms with Crippen molar-refractivity contribution in [1.29, 1.82) is 0 Å². The number of hydrogen-bond donors (Lipinski definition) is 2. The van der Waals surface area contributed by atoms with E-state index in [9.17, 15) is 14.0 Å². The average Bonchev–Trinajstić information content (AvgIpc) is 3.45. The molecular formula is C22H19FN4O3S. The molecule has 0 atom stereocenters. The van der Waals surface area contributed by atoms with Gasteiger partial charge in [0, 0.05) is 28.7 Å². The van der Waals surface area contributed by atoms with E-state index in [4.69, 9.17) is 4.42 Å². The molecule has 7 nitrogen and oxygen atoms in total. The van der Waals surface area contributed by atoms with Gasteiger partial charge in [-0.2, -0.15) is 0 Å². The lowest BCUT2D eigenvalue weighted by molar-refractivity contribution is 0.101. The van der Waals surface area contributed by atoms with Crippen molar-refractivity contribution in [2.75, 3.05) is 10.6 Å². The first-order valence-electron chi connectivity index (χ1n) is 9.40. The highest BCUT2D eigenvalue weighted by atomic mass is 32.1. The van der Waals surface area contributed by atoms with Crippen molar-refractivity contribution in [3.05, 3.63) is 82.3 Å². The number of carbonyl (C=O) groups excluding carboxylic acids is 2. The van der Waals surface area contributed by atoms with Gasteiger partial charge in [0.25, 0.3) is 11.8 Å². The predicted molar refractivity (Wildman–Crippen MR) is 117 cm³/mol. The lowest BCUT2D eigenvalue weighted by Crippen LogP contribution is -2.15. The maximum Gasteiger partial charge on any atom is 0.259 e. The summed E-state index contributed by atoms with van der Waals surface area (Å²) in [5.74, 6) is -1.03. The number of halogens is 1. The number of furan rings is 1. The minimum Gasteiger partial charge on any atom is -0.469 e. The van der Waals surface area contributed by atoms with E-state index < -0.39 is 11.7 Å². The fourth-order valence-electron chi connectivity index (χ4n) is 3.32. The van der Waals surface area contributed by atoms with Crippen LogP contribution in [0.4, 0.5) is 15.8 Å². The van der Waals surface area contributed by atoms with E-state index in [2.05, 4.69) is 15.6 Å². The number of nitrogens with one attached hydrogen (secondary N) is 2. The zero-order valence-corrected chi connectivity index (χ0v) is 17.8. The Kier molecular flexibility index (Phi) is 5.43. The number of carbonyl (C=O) groups is 2. The average molecular weight is 438 g/mol. The Morgan fingerprint density at radius 1 is 1.06 bits per heavy atom. The van der Waals surface area contributed by atoms with Gasteiger partial charge in [0.15, 0.2) is 5.13 Å². The molecule has 2 N–H and O–H groups in total. The summed E-state index contributed by atoms with van der Waals surface area (Å²) in [5.41, 5.74) is 2.72. The van der Waals surface area contributed by atoms with Crippen LogP contribution in [0.1, 0.15) is 37.9 Å². The molecular weight excluding hydrogens is 419 g/mol. The largest absolute Gasteiger partial charge is 0.469 e. The molecule has 4 aromatic rings. The SMILES string of the molecule is Cc1occc1C(=O)Nc1cc(NC(=O)c2cc(C)n(-c3nccs3)c2C)ccc1F. The van der Waals surface area contributed by atoms with Crippen LogP contribution in [0, 0.1) is 26.6 Å². The van der Waals surface area contributed by atoms with Crippen molar-refractivity contribution < 1.29 is 18.4 Å². The second-order valence-corrected chi connectivity index (χ2v) is 7.80. The zero-order chi connectivity index (χ0) is 22.1. The second kappa shape index (κ2) is 8.19. The second-order valence-electron chi connectivity index (χ2n) is 6.93. The molecule has 0 saturated carbocycles. The molecule has 4 rings (SSSR count). The number of thiazole rings is 1. The van der Waals surface area contributed by atoms with E-state index in [-0.39, 0.29) is 11.6 Å². The summed E-state index contributed by atoms with van der Waals surface area (Å²) in [6.45, 7) is 5.38. The predicted octanol–water partition coefficient (Wildman–Crippen LogP) is 5.10. The highest BCUT2D eigenvalue weighted by Crippen LogP contribution is 2.25. The first kappa shape index (κ1) is 20.5. The van der Waals surface area contributed by atoms with Gasteiger partial charge in [-0.1, -0.05) is 0 Å². The van der Waals surface area contributed by atoms with Crippen molar-refractivity contribution in [2.45, 2.75) is 20.8 Å². The van der Waals surface area contributed by atoms with E-state index in [1.165, 1.54) is 41.9 Å². The molecule has 31 heavy (non-hydrogen) atoms. The lowest BCUT2D eigenvalue weighted by atomic mass is 10.2. The summed E-state index contributed by atoms with van der Waals surface area (Å²) in [4.78, 5) is 29.6. The van der Waals surface area contributed by atoms with Gasteiger partial charge in [-0.25, -0.2) is 9.37 Å². The summed E-state index contributed by atoms with van der Waals surface area (Å²) >= 11 is 1.47. The van der Waals surface area contributed by atoms with Gasteiger partial charge in [0.2, 0.25) is 0 Å². The molecule has 2 amide bonds. The third kappa shape index (κ3) is 3.99. The summed E-state index contributed by atoms with van der Waals surface area (Å²) in [7, 11) is 0. The summed E-state index contributed by atoms with van der Waals surface area (Å²) in [6.07, 6.45) is 3.09. The van der Waals surface area contributed by atoms with Crippen LogP contribution >= 0.6 is 11.3 Å². The first-order chi connectivity index (χ1) is 14.8. The van der Waals surface area contributed by atoms with Gasteiger partial charge < -0.3 is 15.1 Å². The Bertz CT molecular complexity index is 1270. The van der Waals surface area contributed by atoms with Gasteiger partial charge in [0.1, 0.15) is 11.6 Å². The van der Waals surface area contributed by atoms with Crippen LogP contribution in [0.15, 0.2) is 52.6 Å². The molecule has 9 heteroatoms. The number of rotatable bonds is 5. The third-order valence-electron chi connectivity index (χ3n) is 4.86. The normalized spacial score (nSPS) is 10.8. The molecule has 158 valence electrons. The lowest BCUT2D eigenvalue weighted by Gasteiger charge is -2.10. The standard InChI is InChI=1S/C22H19FN4O3S/c1-12-10-17(13(2)27(12)22-24-7-9-31-22)21(29)25-15-4-5-18(23)19(11-15)26-20(28)16-6-8-30-14(16)3/h4-11H,1-3H3,(H,25,29)(H,26,28). The molecule has 0 fully saturated rings. The molecule has 3 heterocycles. The summed E-state index contributed by atoms with van der Waals surface area (Å²) < 4.78 is 21.3. The molecule has 0 bridgehead atoms. The van der Waals surface area contributed by atoms with E-state index in [1.807, 2.05) is 23.8 Å². The van der Waals surface area contributed by atoms with Crippen LogP contribution in [0.5, 0.6) is 0 Å². The van der Waals surface area contributed by atoms with Crippen LogP contribution in [0.3, 0.4) is 0 Å². The quantitative estimate of drug-likeness (QED) is 0.454. The Morgan fingerprint density at radius 3 is 2.52 bits per heavy atom. The highest BCUT2D eigenvalue weighted by molar-refractivity contribution is 7.12. The smallest absolute Gasteiger partial charge is 0.259 e. The van der Waals surface area contributed by atoms with Crippen molar-refractivity contribution in [2.24, 2.45) is 0 Å². The van der Waals surface area contributed by atoms with Gasteiger partial charge >= 0.3 is 0 Å². The van der Waals surface area contributed by atoms with Crippen LogP contribution in [-0.2, 0) is 0 Å². The number of anilines is 2. The van der Waals surface area contributed by atoms with E-state index >= 15 is 0 Å². The Hall–Kier alpha value is -3.72. The summed E-state index contributed by atoms with van der Waals surface area (Å²) in [6, 6.07) is 7.28. The minimum absolute atomic E-state index is 0.0448. The van der Waals surface area contributed by atoms with E-state index in [1.54, 1.807) is 19.2 Å². The first-order valence-corrected chi connectivity index (χ1v) is 10.3. The van der Waals surface area contributed by atoms with Crippen molar-refractivity contribution >= 4 is 34.5 Å². The highest BCUT2D eigenvalue weighted by Gasteiger charge is 2.19. The molecule has 0 aliphatic heterocycles. The fraction of sp³-hybridized carbons (Fsp3) is 0.136. The number of aromatic nitrogens is 2. The van der Waals surface area contributed by atoms with Crippen molar-refractivity contribution in [3.8, 4) is 5.13 Å². The van der Waals surface area contributed by atoms with Gasteiger partial charge in [0.05, 0.1) is 23.1 Å². The van der Waals surface area contributed by atoms with Gasteiger partial charge in [-0.15, -0.1) is 11.3 Å². The molecule has 1 aromatic carbocycles. The number of aryl methyl sites for hydroxylation is 2. The Balaban J connectivity index is 1.56. The van der Waals surface area contributed by atoms with Gasteiger partial charge in [-0.3, -0.25) is 14.2 Å². The van der Waals surface area contributed by atoms with E-state index in [0.717, 1.165) is 16.5 Å². The minimum atomic E-state index is -0.616. The number of benzene rings is 1. The Morgan fingerprint density at radius 2 is 1.84 bits per heavy atom. The Labute approximate surface area is 181 Å². The van der Waals surface area contributed by atoms with Crippen molar-refractivity contribution in [1.82, 2.24) is 9.55 Å². The van der Waals surface area contributed by atoms with Crippen LogP contribution < -0.4 is 10.6 Å². The number of amides is 2. The number of hydrogen-bond acceptors (Lipinski definition) is 5. The topological polar surface area (TPSA) is 89.2 Å². The van der Waals surface area contributed by atoms with E-state index in [0.29, 0.717) is 22.6 Å². The molecule has 0 radical (unpaired) electrons. The maximum atomic E-state index is 14.3. The molecule has 3 aromatic heterocycles. The molecule has 0 aliphatic carbocycles. The molecule has 0 saturated heterocycles. The third-order valence-corrected chi connectivity index (χ3v) is 5.62. The number of nitrogens with zero attached hydrogens (tertiary/aromatic N) is 2. The fourth-order valence-corrected chi connectivity index (χ4v) is 4.07. The van der Waals surface area contributed by atoms with Gasteiger partial charge in [-0.05, 0) is 51.1 Å². The molecule has 0 spiro atoms. The molecule has 0 unspecified atom stereocenters. The van der Waals surface area contributed by atoms with Crippen LogP contribution in [-0.4, -0.2) is 21.4 Å².